The zero-order valence-corrected chi connectivity index (χ0v) is 12.8. The van der Waals surface area contributed by atoms with Gasteiger partial charge in [0.05, 0.1) is 5.69 Å². The third kappa shape index (κ3) is 3.37. The van der Waals surface area contributed by atoms with Gasteiger partial charge in [0, 0.05) is 31.2 Å². The van der Waals surface area contributed by atoms with Crippen LogP contribution in [0.1, 0.15) is 38.8 Å². The van der Waals surface area contributed by atoms with Crippen molar-refractivity contribution in [2.24, 2.45) is 7.05 Å². The molecule has 0 bridgehead atoms. The lowest BCUT2D eigenvalue weighted by molar-refractivity contribution is 0.0632. The standard InChI is InChI=1S/C15H28N4/c1-15(2,19-9-6-5-7-10-19)14(16-3)12-13-8-11-18(4)17-13/h8,11,14,16H,5-7,9-10,12H2,1-4H3. The summed E-state index contributed by atoms with van der Waals surface area (Å²) in [7, 11) is 4.05. The average molecular weight is 264 g/mol. The highest BCUT2D eigenvalue weighted by molar-refractivity contribution is 5.06. The number of likely N-dealkylation sites (tertiary alicyclic amines) is 1. The van der Waals surface area contributed by atoms with Gasteiger partial charge in [-0.2, -0.15) is 5.10 Å². The van der Waals surface area contributed by atoms with Crippen LogP contribution in [0.5, 0.6) is 0 Å². The molecule has 1 unspecified atom stereocenters. The molecule has 0 spiro atoms. The van der Waals surface area contributed by atoms with Gasteiger partial charge in [-0.25, -0.2) is 0 Å². The van der Waals surface area contributed by atoms with Crippen molar-refractivity contribution in [2.75, 3.05) is 20.1 Å². The summed E-state index contributed by atoms with van der Waals surface area (Å²) in [6.45, 7) is 7.19. The topological polar surface area (TPSA) is 33.1 Å². The Morgan fingerprint density at radius 3 is 2.53 bits per heavy atom. The van der Waals surface area contributed by atoms with Gasteiger partial charge < -0.3 is 5.32 Å². The second-order valence-electron chi connectivity index (χ2n) is 6.23. The van der Waals surface area contributed by atoms with Crippen molar-refractivity contribution in [3.05, 3.63) is 18.0 Å². The van der Waals surface area contributed by atoms with Gasteiger partial charge in [-0.15, -0.1) is 0 Å². The molecule has 1 aliphatic heterocycles. The number of hydrogen-bond acceptors (Lipinski definition) is 3. The van der Waals surface area contributed by atoms with E-state index in [0.29, 0.717) is 6.04 Å². The van der Waals surface area contributed by atoms with Crippen LogP contribution in [-0.4, -0.2) is 46.4 Å². The molecule has 0 amide bonds. The summed E-state index contributed by atoms with van der Waals surface area (Å²) in [4.78, 5) is 2.64. The maximum absolute atomic E-state index is 4.52. The van der Waals surface area contributed by atoms with Gasteiger partial charge >= 0.3 is 0 Å². The fraction of sp³-hybridized carbons (Fsp3) is 0.800. The predicted octanol–water partition coefficient (Wildman–Crippen LogP) is 1.82. The van der Waals surface area contributed by atoms with Crippen LogP contribution in [-0.2, 0) is 13.5 Å². The highest BCUT2D eigenvalue weighted by atomic mass is 15.3. The lowest BCUT2D eigenvalue weighted by Gasteiger charge is -2.46. The average Bonchev–Trinajstić information content (AvgIpc) is 2.82. The van der Waals surface area contributed by atoms with Crippen LogP contribution in [0.15, 0.2) is 12.3 Å². The lowest BCUT2D eigenvalue weighted by Crippen LogP contribution is -2.59. The molecule has 4 nitrogen and oxygen atoms in total. The van der Waals surface area contributed by atoms with E-state index in [4.69, 9.17) is 0 Å². The molecular formula is C15H28N4. The zero-order valence-electron chi connectivity index (χ0n) is 12.8. The van der Waals surface area contributed by atoms with Crippen molar-refractivity contribution < 1.29 is 0 Å². The summed E-state index contributed by atoms with van der Waals surface area (Å²) in [5.41, 5.74) is 1.35. The molecule has 108 valence electrons. The minimum absolute atomic E-state index is 0.173. The molecule has 4 heteroatoms. The summed E-state index contributed by atoms with van der Waals surface area (Å²) in [5, 5.41) is 8.02. The van der Waals surface area contributed by atoms with E-state index < -0.39 is 0 Å². The third-order valence-electron chi connectivity index (χ3n) is 4.55. The Morgan fingerprint density at radius 2 is 2.00 bits per heavy atom. The van der Waals surface area contributed by atoms with Crippen LogP contribution in [0.3, 0.4) is 0 Å². The van der Waals surface area contributed by atoms with E-state index in [2.05, 4.69) is 42.3 Å². The van der Waals surface area contributed by atoms with Crippen LogP contribution in [0.4, 0.5) is 0 Å². The Kier molecular flexibility index (Phi) is 4.63. The molecule has 1 aliphatic rings. The maximum atomic E-state index is 4.52. The van der Waals surface area contributed by atoms with Gasteiger partial charge in [0.15, 0.2) is 0 Å². The van der Waals surface area contributed by atoms with E-state index in [9.17, 15) is 0 Å². The first-order valence-corrected chi connectivity index (χ1v) is 7.45. The predicted molar refractivity (Wildman–Crippen MR) is 79.3 cm³/mol. The summed E-state index contributed by atoms with van der Waals surface area (Å²) in [6.07, 6.45) is 7.07. The molecule has 1 aromatic heterocycles. The molecule has 0 aromatic carbocycles. The van der Waals surface area contributed by atoms with E-state index >= 15 is 0 Å². The zero-order chi connectivity index (χ0) is 13.9. The van der Waals surface area contributed by atoms with Crippen molar-refractivity contribution in [1.29, 1.82) is 0 Å². The van der Waals surface area contributed by atoms with Crippen molar-refractivity contribution in [1.82, 2.24) is 20.0 Å². The SMILES string of the molecule is CNC(Cc1ccn(C)n1)C(C)(C)N1CCCCC1. The monoisotopic (exact) mass is 264 g/mol. The number of aryl methyl sites for hydroxylation is 1. The molecule has 0 aliphatic carbocycles. The minimum Gasteiger partial charge on any atom is -0.315 e. The number of rotatable bonds is 5. The summed E-state index contributed by atoms with van der Waals surface area (Å²) in [5.74, 6) is 0. The smallest absolute Gasteiger partial charge is 0.0640 e. The van der Waals surface area contributed by atoms with Crippen molar-refractivity contribution in [2.45, 2.75) is 51.1 Å². The van der Waals surface area contributed by atoms with E-state index in [0.717, 1.165) is 6.42 Å². The molecule has 1 saturated heterocycles. The van der Waals surface area contributed by atoms with Crippen LogP contribution in [0, 0.1) is 0 Å². The number of nitrogens with one attached hydrogen (secondary N) is 1. The second-order valence-corrected chi connectivity index (χ2v) is 6.23. The number of nitrogens with zero attached hydrogens (tertiary/aromatic N) is 3. The third-order valence-corrected chi connectivity index (χ3v) is 4.55. The Morgan fingerprint density at radius 1 is 1.32 bits per heavy atom. The molecule has 1 N–H and O–H groups in total. The minimum atomic E-state index is 0.173. The van der Waals surface area contributed by atoms with E-state index in [1.807, 2.05) is 17.9 Å². The summed E-state index contributed by atoms with van der Waals surface area (Å²) < 4.78 is 1.88. The lowest BCUT2D eigenvalue weighted by atomic mass is 9.87. The molecule has 2 rings (SSSR count). The molecule has 1 fully saturated rings. The number of piperidine rings is 1. The highest BCUT2D eigenvalue weighted by Gasteiger charge is 2.35. The van der Waals surface area contributed by atoms with Crippen LogP contribution >= 0.6 is 0 Å². The normalized spacial score (nSPS) is 19.6. The van der Waals surface area contributed by atoms with Gasteiger partial charge in [-0.05, 0) is 52.9 Å². The number of aromatic nitrogens is 2. The van der Waals surface area contributed by atoms with Gasteiger partial charge in [0.2, 0.25) is 0 Å². The Bertz CT molecular complexity index is 391. The van der Waals surface area contributed by atoms with Gasteiger partial charge in [0.1, 0.15) is 0 Å². The molecule has 0 saturated carbocycles. The Labute approximate surface area is 117 Å². The van der Waals surface area contributed by atoms with Crippen LogP contribution in [0.2, 0.25) is 0 Å². The van der Waals surface area contributed by atoms with E-state index in [1.54, 1.807) is 0 Å². The second kappa shape index (κ2) is 6.06. The van der Waals surface area contributed by atoms with Gasteiger partial charge in [0.25, 0.3) is 0 Å². The molecular weight excluding hydrogens is 236 g/mol. The van der Waals surface area contributed by atoms with Crippen LogP contribution < -0.4 is 5.32 Å². The molecule has 1 atom stereocenters. The fourth-order valence-corrected chi connectivity index (χ4v) is 3.18. The largest absolute Gasteiger partial charge is 0.315 e. The molecule has 2 heterocycles. The van der Waals surface area contributed by atoms with E-state index in [1.165, 1.54) is 38.0 Å². The van der Waals surface area contributed by atoms with Crippen molar-refractivity contribution >= 4 is 0 Å². The molecule has 0 radical (unpaired) electrons. The molecule has 19 heavy (non-hydrogen) atoms. The van der Waals surface area contributed by atoms with Gasteiger partial charge in [-0.1, -0.05) is 6.42 Å². The maximum Gasteiger partial charge on any atom is 0.0640 e. The highest BCUT2D eigenvalue weighted by Crippen LogP contribution is 2.25. The molecule has 1 aromatic rings. The van der Waals surface area contributed by atoms with Gasteiger partial charge in [-0.3, -0.25) is 9.58 Å². The van der Waals surface area contributed by atoms with Crippen molar-refractivity contribution in [3.63, 3.8) is 0 Å². The Balaban J connectivity index is 2.06. The summed E-state index contributed by atoms with van der Waals surface area (Å²) >= 11 is 0. The first-order chi connectivity index (χ1) is 9.04. The van der Waals surface area contributed by atoms with Crippen LogP contribution in [0.25, 0.3) is 0 Å². The first-order valence-electron chi connectivity index (χ1n) is 7.45. The number of likely N-dealkylation sites (N-methyl/N-ethyl adjacent to an activating group) is 1. The van der Waals surface area contributed by atoms with Crippen molar-refractivity contribution in [3.8, 4) is 0 Å². The quantitative estimate of drug-likeness (QED) is 0.880. The van der Waals surface area contributed by atoms with E-state index in [-0.39, 0.29) is 5.54 Å². The number of hydrogen-bond donors (Lipinski definition) is 1. The summed E-state index contributed by atoms with van der Waals surface area (Å²) in [6, 6.07) is 2.55. The first kappa shape index (κ1) is 14.5. The fourth-order valence-electron chi connectivity index (χ4n) is 3.18. The Hall–Kier alpha value is -0.870.